The van der Waals surface area contributed by atoms with Crippen LogP contribution in [0.3, 0.4) is 0 Å². The molecule has 1 saturated carbocycles. The SMILES string of the molecule is CC(C)C[C@H](NC(=O)OC[C@@H]1CCC(=O)N1CCC1CCCCC1)C(=O)N[C@@H](C[C@@H]1CCNC1=O)C(O)S(=O)(=O)[O-].[Na+]. The van der Waals surface area contributed by atoms with E-state index in [1.807, 2.05) is 13.8 Å². The molecular formula is C27H45N4NaO9S. The van der Waals surface area contributed by atoms with Crippen molar-refractivity contribution in [1.29, 1.82) is 0 Å². The summed E-state index contributed by atoms with van der Waals surface area (Å²) in [4.78, 5) is 52.1. The number of nitrogens with zero attached hydrogens (tertiary/aromatic N) is 1. The molecule has 1 aliphatic carbocycles. The number of amides is 4. The molecule has 0 aromatic rings. The van der Waals surface area contributed by atoms with Gasteiger partial charge in [0.25, 0.3) is 0 Å². The van der Waals surface area contributed by atoms with Gasteiger partial charge in [0, 0.05) is 25.4 Å². The summed E-state index contributed by atoms with van der Waals surface area (Å²) in [5, 5.41) is 17.6. The number of carbonyl (C=O) groups excluding carboxylic acids is 4. The topological polar surface area (TPSA) is 194 Å². The van der Waals surface area contributed by atoms with E-state index in [-0.39, 0.29) is 72.8 Å². The molecule has 1 unspecified atom stereocenters. The molecule has 0 spiro atoms. The van der Waals surface area contributed by atoms with E-state index in [1.54, 1.807) is 4.90 Å². The fraction of sp³-hybridized carbons (Fsp3) is 0.852. The Labute approximate surface area is 270 Å². The quantitative estimate of drug-likeness (QED) is 0.125. The summed E-state index contributed by atoms with van der Waals surface area (Å²) < 4.78 is 40.1. The van der Waals surface area contributed by atoms with Gasteiger partial charge < -0.3 is 35.2 Å². The van der Waals surface area contributed by atoms with Crippen LogP contribution in [-0.2, 0) is 29.2 Å². The number of hydrogen-bond donors (Lipinski definition) is 4. The Balaban J connectivity index is 0.00000616. The first-order chi connectivity index (χ1) is 19.3. The standard InChI is InChI=1S/C27H46N4O9S.Na/c1-17(2)14-21(25(34)29-22(26(35)41(37,38)39)15-19-10-12-28-24(19)33)30-27(36)40-16-20-8-9-23(32)31(20)13-11-18-6-4-3-5-7-18;/h17-22,26,35H,3-16H2,1-2H3,(H,28,33)(H,29,34)(H,30,36)(H,37,38,39);/q;+1/p-1/t19-,20-,21-,22-,26?;/m0./s1. The molecule has 3 rings (SSSR count). The zero-order chi connectivity index (χ0) is 30.2. The Morgan fingerprint density at radius 2 is 1.81 bits per heavy atom. The number of likely N-dealkylation sites (tertiary alicyclic amines) is 1. The van der Waals surface area contributed by atoms with Gasteiger partial charge in [-0.15, -0.1) is 0 Å². The van der Waals surface area contributed by atoms with Crippen LogP contribution in [0.15, 0.2) is 0 Å². The second-order valence-electron chi connectivity index (χ2n) is 12.0. The zero-order valence-electron chi connectivity index (χ0n) is 25.0. The molecule has 2 saturated heterocycles. The third kappa shape index (κ3) is 11.2. The van der Waals surface area contributed by atoms with Crippen LogP contribution < -0.4 is 45.5 Å². The van der Waals surface area contributed by atoms with E-state index >= 15 is 0 Å². The van der Waals surface area contributed by atoms with Gasteiger partial charge >= 0.3 is 35.7 Å². The van der Waals surface area contributed by atoms with Gasteiger partial charge in [0.05, 0.1) is 12.1 Å². The van der Waals surface area contributed by atoms with Crippen molar-refractivity contribution in [3.8, 4) is 0 Å². The molecule has 2 aliphatic heterocycles. The van der Waals surface area contributed by atoms with Crippen LogP contribution in [-0.4, -0.2) is 90.0 Å². The molecule has 0 radical (unpaired) electrons. The van der Waals surface area contributed by atoms with Crippen LogP contribution >= 0.6 is 0 Å². The summed E-state index contributed by atoms with van der Waals surface area (Å²) in [6.07, 6.45) is 7.34. The smallest absolute Gasteiger partial charge is 0.746 e. The number of aliphatic hydroxyl groups is 1. The van der Waals surface area contributed by atoms with Crippen LogP contribution in [0.1, 0.15) is 84.5 Å². The first-order valence-electron chi connectivity index (χ1n) is 14.8. The number of carbonyl (C=O) groups is 4. The monoisotopic (exact) mass is 624 g/mol. The molecule has 0 bridgehead atoms. The Kier molecular flexibility index (Phi) is 15.0. The fourth-order valence-electron chi connectivity index (χ4n) is 6.04. The van der Waals surface area contributed by atoms with Crippen LogP contribution in [0.4, 0.5) is 4.79 Å². The van der Waals surface area contributed by atoms with Crippen molar-refractivity contribution in [2.45, 2.75) is 108 Å². The van der Waals surface area contributed by atoms with Gasteiger partial charge in [-0.25, -0.2) is 13.2 Å². The van der Waals surface area contributed by atoms with Gasteiger partial charge in [-0.05, 0) is 43.9 Å². The van der Waals surface area contributed by atoms with Crippen LogP contribution in [0.5, 0.6) is 0 Å². The Morgan fingerprint density at radius 1 is 1.12 bits per heavy atom. The van der Waals surface area contributed by atoms with Crippen molar-refractivity contribution in [2.24, 2.45) is 17.8 Å². The molecule has 0 aromatic heterocycles. The summed E-state index contributed by atoms with van der Waals surface area (Å²) in [7, 11) is -5.20. The largest absolute Gasteiger partial charge is 1.00 e. The summed E-state index contributed by atoms with van der Waals surface area (Å²) in [6.45, 7) is 4.60. The summed E-state index contributed by atoms with van der Waals surface area (Å²) in [5.74, 6) is -1.28. The first kappa shape index (κ1) is 36.7. The number of rotatable bonds is 14. The summed E-state index contributed by atoms with van der Waals surface area (Å²) >= 11 is 0. The van der Waals surface area contributed by atoms with Gasteiger partial charge in [0.15, 0.2) is 5.44 Å². The van der Waals surface area contributed by atoms with Crippen molar-refractivity contribution in [3.63, 3.8) is 0 Å². The minimum atomic E-state index is -5.20. The normalized spacial score (nSPS) is 23.6. The number of aliphatic hydroxyl groups excluding tert-OH is 1. The van der Waals surface area contributed by atoms with Crippen molar-refractivity contribution in [2.75, 3.05) is 19.7 Å². The predicted molar refractivity (Wildman–Crippen MR) is 147 cm³/mol. The van der Waals surface area contributed by atoms with E-state index in [4.69, 9.17) is 4.74 Å². The van der Waals surface area contributed by atoms with Crippen molar-refractivity contribution >= 4 is 33.9 Å². The van der Waals surface area contributed by atoms with Gasteiger partial charge in [0.1, 0.15) is 22.8 Å². The molecular weight excluding hydrogens is 579 g/mol. The van der Waals surface area contributed by atoms with E-state index in [0.29, 0.717) is 38.3 Å². The van der Waals surface area contributed by atoms with E-state index in [1.165, 1.54) is 32.1 Å². The minimum absolute atomic E-state index is 0. The third-order valence-corrected chi connectivity index (χ3v) is 9.27. The van der Waals surface area contributed by atoms with Crippen LogP contribution in [0, 0.1) is 17.8 Å². The van der Waals surface area contributed by atoms with Gasteiger partial charge in [-0.3, -0.25) is 14.4 Å². The Hall–Kier alpha value is -1.45. The molecule has 13 nitrogen and oxygen atoms in total. The average Bonchev–Trinajstić information content (AvgIpc) is 3.48. The molecule has 4 amide bonds. The van der Waals surface area contributed by atoms with Crippen LogP contribution in [0.2, 0.25) is 0 Å². The maximum absolute atomic E-state index is 13.2. The summed E-state index contributed by atoms with van der Waals surface area (Å²) in [6, 6.07) is -2.95. The zero-order valence-corrected chi connectivity index (χ0v) is 27.8. The molecule has 234 valence electrons. The van der Waals surface area contributed by atoms with Crippen LogP contribution in [0.25, 0.3) is 0 Å². The van der Waals surface area contributed by atoms with E-state index in [0.717, 1.165) is 6.42 Å². The summed E-state index contributed by atoms with van der Waals surface area (Å²) in [5.41, 5.74) is -2.47. The molecule has 3 aliphatic rings. The number of hydrogen-bond acceptors (Lipinski definition) is 9. The molecule has 2 heterocycles. The molecule has 0 aromatic carbocycles. The van der Waals surface area contributed by atoms with Crippen molar-refractivity contribution in [3.05, 3.63) is 0 Å². The van der Waals surface area contributed by atoms with E-state index in [9.17, 15) is 37.3 Å². The predicted octanol–water partition coefficient (Wildman–Crippen LogP) is -2.03. The fourth-order valence-corrected chi connectivity index (χ4v) is 6.62. The Bertz CT molecular complexity index is 1040. The third-order valence-electron chi connectivity index (χ3n) is 8.35. The maximum atomic E-state index is 13.2. The molecule has 5 atom stereocenters. The Morgan fingerprint density at radius 3 is 2.40 bits per heavy atom. The molecule has 15 heteroatoms. The number of nitrogens with one attached hydrogen (secondary N) is 3. The molecule has 42 heavy (non-hydrogen) atoms. The van der Waals surface area contributed by atoms with Gasteiger partial charge in [-0.2, -0.15) is 0 Å². The van der Waals surface area contributed by atoms with Crippen molar-refractivity contribution in [1.82, 2.24) is 20.9 Å². The second-order valence-corrected chi connectivity index (χ2v) is 13.5. The number of ether oxygens (including phenoxy) is 1. The first-order valence-corrected chi connectivity index (χ1v) is 16.3. The minimum Gasteiger partial charge on any atom is -0.746 e. The van der Waals surface area contributed by atoms with E-state index < -0.39 is 45.6 Å². The second kappa shape index (κ2) is 17.1. The number of alkyl carbamates (subject to hydrolysis) is 1. The van der Waals surface area contributed by atoms with E-state index in [2.05, 4.69) is 16.0 Å². The molecule has 3 fully saturated rings. The average molecular weight is 625 g/mol. The van der Waals surface area contributed by atoms with Gasteiger partial charge in [-0.1, -0.05) is 46.0 Å². The maximum Gasteiger partial charge on any atom is 1.00 e. The van der Waals surface area contributed by atoms with Crippen molar-refractivity contribution < 1.29 is 71.5 Å². The van der Waals surface area contributed by atoms with Gasteiger partial charge in [0.2, 0.25) is 17.7 Å². The molecule has 4 N–H and O–H groups in total.